The summed E-state index contributed by atoms with van der Waals surface area (Å²) in [6, 6.07) is 7.16. The number of nitrogens with one attached hydrogen (secondary N) is 2. The minimum atomic E-state index is -0.497. The molecule has 0 aliphatic carbocycles. The average Bonchev–Trinajstić information content (AvgIpc) is 2.44. The van der Waals surface area contributed by atoms with Crippen LogP contribution in [0.4, 0.5) is 4.79 Å². The van der Waals surface area contributed by atoms with Crippen molar-refractivity contribution >= 4 is 34.6 Å². The number of para-hydroxylation sites is 1. The highest BCUT2D eigenvalue weighted by Gasteiger charge is 2.21. The fourth-order valence-corrected chi connectivity index (χ4v) is 3.04. The van der Waals surface area contributed by atoms with E-state index in [-0.39, 0.29) is 5.91 Å². The van der Waals surface area contributed by atoms with E-state index < -0.39 is 16.8 Å². The zero-order valence-electron chi connectivity index (χ0n) is 14.5. The molecule has 128 valence electrons. The van der Waals surface area contributed by atoms with Gasteiger partial charge < -0.3 is 5.32 Å². The van der Waals surface area contributed by atoms with Crippen LogP contribution in [0.15, 0.2) is 29.3 Å². The van der Waals surface area contributed by atoms with Gasteiger partial charge >= 0.3 is 6.03 Å². The first-order chi connectivity index (χ1) is 11.2. The number of thioether (sulfide) groups is 1. The predicted octanol–water partition coefficient (Wildman–Crippen LogP) is 3.04. The van der Waals surface area contributed by atoms with Gasteiger partial charge in [-0.25, -0.2) is 14.8 Å². The Hall–Kier alpha value is -2.15. The molecule has 0 radical (unpaired) electrons. The number of rotatable bonds is 3. The highest BCUT2D eigenvalue weighted by molar-refractivity contribution is 8.00. The maximum absolute atomic E-state index is 12.2. The van der Waals surface area contributed by atoms with Crippen LogP contribution < -0.4 is 10.6 Å². The number of hydrogen-bond donors (Lipinski definition) is 2. The van der Waals surface area contributed by atoms with Crippen LogP contribution in [0, 0.1) is 6.92 Å². The number of imide groups is 1. The van der Waals surface area contributed by atoms with E-state index in [4.69, 9.17) is 0 Å². The van der Waals surface area contributed by atoms with Gasteiger partial charge in [0.1, 0.15) is 10.9 Å². The zero-order valence-corrected chi connectivity index (χ0v) is 15.3. The van der Waals surface area contributed by atoms with Crippen LogP contribution in [-0.4, -0.2) is 32.7 Å². The molecule has 0 aliphatic rings. The number of carbonyl (C=O) groups excluding carboxylic acids is 2. The van der Waals surface area contributed by atoms with Crippen LogP contribution in [0.25, 0.3) is 10.9 Å². The summed E-state index contributed by atoms with van der Waals surface area (Å²) < 4.78 is 0. The van der Waals surface area contributed by atoms with Gasteiger partial charge in [0.15, 0.2) is 0 Å². The van der Waals surface area contributed by atoms with E-state index >= 15 is 0 Å². The second-order valence-corrected chi connectivity index (χ2v) is 7.88. The molecule has 2 rings (SSSR count). The molecule has 0 fully saturated rings. The highest BCUT2D eigenvalue weighted by atomic mass is 32.2. The quantitative estimate of drug-likeness (QED) is 0.659. The minimum absolute atomic E-state index is 0.359. The number of fused-ring (bicyclic) bond motifs is 1. The first-order valence-electron chi connectivity index (χ1n) is 7.69. The number of aryl methyl sites for hydroxylation is 1. The molecule has 1 heterocycles. The Labute approximate surface area is 145 Å². The Kier molecular flexibility index (Phi) is 5.43. The van der Waals surface area contributed by atoms with Crippen LogP contribution in [0.1, 0.15) is 33.5 Å². The predicted molar refractivity (Wildman–Crippen MR) is 96.0 cm³/mol. The third-order valence-corrected chi connectivity index (χ3v) is 4.17. The van der Waals surface area contributed by atoms with Crippen molar-refractivity contribution in [3.8, 4) is 0 Å². The van der Waals surface area contributed by atoms with E-state index in [0.717, 1.165) is 15.9 Å². The van der Waals surface area contributed by atoms with Gasteiger partial charge in [-0.15, -0.1) is 0 Å². The van der Waals surface area contributed by atoms with Crippen molar-refractivity contribution in [3.63, 3.8) is 0 Å². The van der Waals surface area contributed by atoms with Gasteiger partial charge in [0.2, 0.25) is 5.91 Å². The Bertz CT molecular complexity index is 771. The van der Waals surface area contributed by atoms with Crippen molar-refractivity contribution in [2.24, 2.45) is 0 Å². The fourth-order valence-electron chi connectivity index (χ4n) is 2.05. The minimum Gasteiger partial charge on any atom is -0.333 e. The molecular formula is C17H22N4O2S. The van der Waals surface area contributed by atoms with E-state index in [0.29, 0.717) is 5.82 Å². The molecule has 2 N–H and O–H groups in total. The number of benzene rings is 1. The summed E-state index contributed by atoms with van der Waals surface area (Å²) >= 11 is 1.31. The molecule has 24 heavy (non-hydrogen) atoms. The molecular weight excluding hydrogens is 324 g/mol. The lowest BCUT2D eigenvalue weighted by Gasteiger charge is -2.21. The molecule has 2 aromatic rings. The van der Waals surface area contributed by atoms with Gasteiger partial charge in [-0.05, 0) is 40.7 Å². The number of urea groups is 1. The first kappa shape index (κ1) is 18.2. The molecule has 1 atom stereocenters. The van der Waals surface area contributed by atoms with E-state index in [1.807, 2.05) is 52.0 Å². The normalized spacial score (nSPS) is 12.7. The van der Waals surface area contributed by atoms with Crippen LogP contribution >= 0.6 is 11.8 Å². The highest BCUT2D eigenvalue weighted by Crippen LogP contribution is 2.28. The van der Waals surface area contributed by atoms with Gasteiger partial charge in [0, 0.05) is 10.9 Å². The average molecular weight is 346 g/mol. The van der Waals surface area contributed by atoms with E-state index in [2.05, 4.69) is 20.6 Å². The Balaban J connectivity index is 2.11. The molecule has 7 heteroatoms. The fraction of sp³-hybridized carbons (Fsp3) is 0.412. The molecule has 0 unspecified atom stereocenters. The third-order valence-electron chi connectivity index (χ3n) is 3.06. The van der Waals surface area contributed by atoms with Crippen molar-refractivity contribution in [2.45, 2.75) is 50.4 Å². The number of carbonyl (C=O) groups is 2. The maximum Gasteiger partial charge on any atom is 0.321 e. The lowest BCUT2D eigenvalue weighted by molar-refractivity contribution is -0.119. The Morgan fingerprint density at radius 3 is 2.50 bits per heavy atom. The smallest absolute Gasteiger partial charge is 0.321 e. The van der Waals surface area contributed by atoms with Gasteiger partial charge in [-0.3, -0.25) is 10.1 Å². The Morgan fingerprint density at radius 1 is 1.17 bits per heavy atom. The number of aromatic nitrogens is 2. The maximum atomic E-state index is 12.2. The summed E-state index contributed by atoms with van der Waals surface area (Å²) in [5.41, 5.74) is 0.436. The van der Waals surface area contributed by atoms with Crippen molar-refractivity contribution in [3.05, 3.63) is 30.1 Å². The number of hydrogen-bond acceptors (Lipinski definition) is 5. The number of nitrogens with zero attached hydrogens (tertiary/aromatic N) is 2. The van der Waals surface area contributed by atoms with E-state index in [1.165, 1.54) is 11.8 Å². The molecule has 0 spiro atoms. The molecule has 1 aromatic heterocycles. The van der Waals surface area contributed by atoms with E-state index in [9.17, 15) is 9.59 Å². The first-order valence-corrected chi connectivity index (χ1v) is 8.57. The molecule has 6 nitrogen and oxygen atoms in total. The molecule has 0 aliphatic heterocycles. The topological polar surface area (TPSA) is 84.0 Å². The summed E-state index contributed by atoms with van der Waals surface area (Å²) in [6.07, 6.45) is 0. The summed E-state index contributed by atoms with van der Waals surface area (Å²) in [5, 5.41) is 6.23. The lowest BCUT2D eigenvalue weighted by Crippen LogP contribution is -2.49. The molecule has 1 aromatic carbocycles. The lowest BCUT2D eigenvalue weighted by atomic mass is 10.1. The monoisotopic (exact) mass is 346 g/mol. The second-order valence-electron chi connectivity index (χ2n) is 6.55. The van der Waals surface area contributed by atoms with Crippen molar-refractivity contribution in [2.75, 3.05) is 0 Å². The van der Waals surface area contributed by atoms with Crippen LogP contribution in [0.3, 0.4) is 0 Å². The molecule has 0 saturated carbocycles. The van der Waals surface area contributed by atoms with Gasteiger partial charge in [-0.2, -0.15) is 0 Å². The van der Waals surface area contributed by atoms with Crippen LogP contribution in [-0.2, 0) is 4.79 Å². The van der Waals surface area contributed by atoms with Gasteiger partial charge in [0.05, 0.1) is 10.8 Å². The standard InChI is InChI=1S/C17H22N4O2S/c1-10(14(22)20-16(23)21-17(3,4)5)24-15-12-8-6-7-9-13(12)18-11(2)19-15/h6-10H,1-5H3,(H2,20,21,22,23)/t10-/m0/s1. The van der Waals surface area contributed by atoms with Crippen molar-refractivity contribution < 1.29 is 9.59 Å². The zero-order chi connectivity index (χ0) is 17.9. The van der Waals surface area contributed by atoms with Gasteiger partial charge in [0.25, 0.3) is 0 Å². The van der Waals surface area contributed by atoms with Crippen LogP contribution in [0.2, 0.25) is 0 Å². The summed E-state index contributed by atoms with van der Waals surface area (Å²) in [5.74, 6) is 0.288. The van der Waals surface area contributed by atoms with E-state index in [1.54, 1.807) is 6.92 Å². The second kappa shape index (κ2) is 7.17. The largest absolute Gasteiger partial charge is 0.333 e. The van der Waals surface area contributed by atoms with Crippen molar-refractivity contribution in [1.82, 2.24) is 20.6 Å². The van der Waals surface area contributed by atoms with Crippen molar-refractivity contribution in [1.29, 1.82) is 0 Å². The SMILES string of the molecule is Cc1nc(S[C@@H](C)C(=O)NC(=O)NC(C)(C)C)c2ccccc2n1. The summed E-state index contributed by atoms with van der Waals surface area (Å²) in [7, 11) is 0. The summed E-state index contributed by atoms with van der Waals surface area (Å²) in [6.45, 7) is 9.12. The Morgan fingerprint density at radius 2 is 1.83 bits per heavy atom. The molecule has 0 saturated heterocycles. The molecule has 0 bridgehead atoms. The third kappa shape index (κ3) is 4.92. The molecule has 3 amide bonds. The summed E-state index contributed by atoms with van der Waals surface area (Å²) in [4.78, 5) is 32.9. The van der Waals surface area contributed by atoms with Crippen LogP contribution in [0.5, 0.6) is 0 Å². The van der Waals surface area contributed by atoms with Gasteiger partial charge in [-0.1, -0.05) is 30.0 Å². The number of amides is 3.